The second-order valence-electron chi connectivity index (χ2n) is 3.08. The van der Waals surface area contributed by atoms with Crippen LogP contribution < -0.4 is 5.73 Å². The second kappa shape index (κ2) is 3.92. The minimum absolute atomic E-state index is 0.129. The first kappa shape index (κ1) is 10.0. The van der Waals surface area contributed by atoms with Gasteiger partial charge in [0.1, 0.15) is 5.82 Å². The molecule has 0 aliphatic carbocycles. The Hall–Kier alpha value is -1.52. The Morgan fingerprint density at radius 3 is 2.73 bits per heavy atom. The standard InChI is InChI=1S/C10H10ClN3O/c11-8-3-1-2-4-9(8)14-10(12)7(6-15)5-13-14/h1-5,15H,6,12H2. The second-order valence-corrected chi connectivity index (χ2v) is 3.48. The zero-order valence-electron chi connectivity index (χ0n) is 7.89. The van der Waals surface area contributed by atoms with E-state index in [1.165, 1.54) is 10.9 Å². The lowest BCUT2D eigenvalue weighted by molar-refractivity contribution is 0.282. The summed E-state index contributed by atoms with van der Waals surface area (Å²) < 4.78 is 1.51. The predicted octanol–water partition coefficient (Wildman–Crippen LogP) is 1.60. The summed E-state index contributed by atoms with van der Waals surface area (Å²) in [6, 6.07) is 7.25. The van der Waals surface area contributed by atoms with Crippen molar-refractivity contribution in [3.05, 3.63) is 41.0 Å². The molecule has 78 valence electrons. The molecule has 3 N–H and O–H groups in total. The summed E-state index contributed by atoms with van der Waals surface area (Å²) in [5.74, 6) is 0.408. The molecular weight excluding hydrogens is 214 g/mol. The van der Waals surface area contributed by atoms with Gasteiger partial charge >= 0.3 is 0 Å². The van der Waals surface area contributed by atoms with Gasteiger partial charge in [-0.2, -0.15) is 5.10 Å². The Morgan fingerprint density at radius 1 is 1.40 bits per heavy atom. The van der Waals surface area contributed by atoms with Gasteiger partial charge in [-0.05, 0) is 12.1 Å². The quantitative estimate of drug-likeness (QED) is 0.813. The fraction of sp³-hybridized carbons (Fsp3) is 0.100. The topological polar surface area (TPSA) is 64.1 Å². The molecule has 4 nitrogen and oxygen atoms in total. The van der Waals surface area contributed by atoms with Crippen LogP contribution in [0.5, 0.6) is 0 Å². The third kappa shape index (κ3) is 1.69. The Morgan fingerprint density at radius 2 is 2.13 bits per heavy atom. The van der Waals surface area contributed by atoms with Crippen molar-refractivity contribution in [1.29, 1.82) is 0 Å². The molecule has 0 saturated heterocycles. The molecule has 1 aromatic carbocycles. The highest BCUT2D eigenvalue weighted by molar-refractivity contribution is 6.32. The minimum atomic E-state index is -0.129. The molecule has 0 amide bonds. The van der Waals surface area contributed by atoms with Crippen molar-refractivity contribution >= 4 is 17.4 Å². The Bertz CT molecular complexity index is 481. The highest BCUT2D eigenvalue weighted by atomic mass is 35.5. The SMILES string of the molecule is Nc1c(CO)cnn1-c1ccccc1Cl. The molecule has 2 rings (SSSR count). The maximum absolute atomic E-state index is 8.98. The highest BCUT2D eigenvalue weighted by Crippen LogP contribution is 2.23. The lowest BCUT2D eigenvalue weighted by atomic mass is 10.3. The number of hydrogen-bond acceptors (Lipinski definition) is 3. The van der Waals surface area contributed by atoms with Crippen molar-refractivity contribution in [2.45, 2.75) is 6.61 Å². The van der Waals surface area contributed by atoms with Gasteiger partial charge in [-0.3, -0.25) is 0 Å². The molecule has 0 atom stereocenters. The van der Waals surface area contributed by atoms with Crippen LogP contribution in [0.2, 0.25) is 5.02 Å². The van der Waals surface area contributed by atoms with Gasteiger partial charge < -0.3 is 10.8 Å². The third-order valence-corrected chi connectivity index (χ3v) is 2.46. The van der Waals surface area contributed by atoms with Crippen LogP contribution in [0.15, 0.2) is 30.5 Å². The average Bonchev–Trinajstić information content (AvgIpc) is 2.60. The third-order valence-electron chi connectivity index (χ3n) is 2.14. The first-order valence-electron chi connectivity index (χ1n) is 4.42. The molecule has 0 spiro atoms. The van der Waals surface area contributed by atoms with E-state index in [4.69, 9.17) is 22.4 Å². The van der Waals surface area contributed by atoms with E-state index in [0.29, 0.717) is 22.1 Å². The molecule has 0 saturated carbocycles. The molecule has 0 aliphatic heterocycles. The Balaban J connectivity index is 2.55. The lowest BCUT2D eigenvalue weighted by Crippen LogP contribution is -2.03. The minimum Gasteiger partial charge on any atom is -0.391 e. The van der Waals surface area contributed by atoms with Crippen LogP contribution in [0.1, 0.15) is 5.56 Å². The van der Waals surface area contributed by atoms with Crippen molar-refractivity contribution in [2.75, 3.05) is 5.73 Å². The molecule has 5 heteroatoms. The number of rotatable bonds is 2. The van der Waals surface area contributed by atoms with Crippen molar-refractivity contribution in [3.8, 4) is 5.69 Å². The molecule has 0 fully saturated rings. The van der Waals surface area contributed by atoms with E-state index in [9.17, 15) is 0 Å². The van der Waals surface area contributed by atoms with Gasteiger partial charge in [0.05, 0.1) is 23.5 Å². The maximum atomic E-state index is 8.98. The van der Waals surface area contributed by atoms with E-state index in [1.807, 2.05) is 18.2 Å². The Kier molecular flexibility index (Phi) is 2.62. The molecule has 0 unspecified atom stereocenters. The normalized spacial score (nSPS) is 10.5. The highest BCUT2D eigenvalue weighted by Gasteiger charge is 2.09. The van der Waals surface area contributed by atoms with Crippen molar-refractivity contribution in [3.63, 3.8) is 0 Å². The lowest BCUT2D eigenvalue weighted by Gasteiger charge is -2.06. The largest absolute Gasteiger partial charge is 0.391 e. The fourth-order valence-corrected chi connectivity index (χ4v) is 1.54. The van der Waals surface area contributed by atoms with Crippen LogP contribution in [-0.4, -0.2) is 14.9 Å². The summed E-state index contributed by atoms with van der Waals surface area (Å²) in [6.45, 7) is -0.129. The molecule has 1 aromatic heterocycles. The van der Waals surface area contributed by atoms with E-state index in [1.54, 1.807) is 6.07 Å². The maximum Gasteiger partial charge on any atom is 0.132 e. The van der Waals surface area contributed by atoms with Crippen LogP contribution >= 0.6 is 11.6 Å². The van der Waals surface area contributed by atoms with E-state index in [0.717, 1.165) is 0 Å². The van der Waals surface area contributed by atoms with E-state index < -0.39 is 0 Å². The van der Waals surface area contributed by atoms with Gasteiger partial charge in [0, 0.05) is 5.56 Å². The van der Waals surface area contributed by atoms with Crippen LogP contribution in [0.4, 0.5) is 5.82 Å². The fourth-order valence-electron chi connectivity index (χ4n) is 1.33. The first-order chi connectivity index (χ1) is 7.24. The van der Waals surface area contributed by atoms with Gasteiger partial charge in [0.15, 0.2) is 0 Å². The first-order valence-corrected chi connectivity index (χ1v) is 4.80. The van der Waals surface area contributed by atoms with E-state index in [-0.39, 0.29) is 6.61 Å². The predicted molar refractivity (Wildman–Crippen MR) is 58.9 cm³/mol. The molecular formula is C10H10ClN3O. The van der Waals surface area contributed by atoms with Gasteiger partial charge in [-0.25, -0.2) is 4.68 Å². The molecule has 0 aliphatic rings. The molecule has 0 radical (unpaired) electrons. The summed E-state index contributed by atoms with van der Waals surface area (Å²) in [5, 5.41) is 13.6. The van der Waals surface area contributed by atoms with Crippen LogP contribution in [0.25, 0.3) is 5.69 Å². The number of nitrogen functional groups attached to an aromatic ring is 1. The zero-order valence-corrected chi connectivity index (χ0v) is 8.65. The van der Waals surface area contributed by atoms with Gasteiger partial charge in [-0.1, -0.05) is 23.7 Å². The summed E-state index contributed by atoms with van der Waals surface area (Å²) in [4.78, 5) is 0. The summed E-state index contributed by atoms with van der Waals surface area (Å²) >= 11 is 6.00. The van der Waals surface area contributed by atoms with Crippen LogP contribution in [0.3, 0.4) is 0 Å². The number of aliphatic hydroxyl groups excluding tert-OH is 1. The molecule has 0 bridgehead atoms. The van der Waals surface area contributed by atoms with E-state index >= 15 is 0 Å². The number of anilines is 1. The number of halogens is 1. The summed E-state index contributed by atoms with van der Waals surface area (Å²) in [5.41, 5.74) is 7.09. The number of benzene rings is 1. The van der Waals surface area contributed by atoms with Gasteiger partial charge in [-0.15, -0.1) is 0 Å². The van der Waals surface area contributed by atoms with Gasteiger partial charge in [0.25, 0.3) is 0 Å². The molecule has 1 heterocycles. The number of hydrogen-bond donors (Lipinski definition) is 2. The summed E-state index contributed by atoms with van der Waals surface area (Å²) in [7, 11) is 0. The van der Waals surface area contributed by atoms with E-state index in [2.05, 4.69) is 5.10 Å². The van der Waals surface area contributed by atoms with Crippen molar-refractivity contribution in [2.24, 2.45) is 0 Å². The number of nitrogens with two attached hydrogens (primary N) is 1. The van der Waals surface area contributed by atoms with Crippen LogP contribution in [-0.2, 0) is 6.61 Å². The average molecular weight is 224 g/mol. The molecule has 15 heavy (non-hydrogen) atoms. The summed E-state index contributed by atoms with van der Waals surface area (Å²) in [6.07, 6.45) is 1.53. The van der Waals surface area contributed by atoms with Crippen LogP contribution in [0, 0.1) is 0 Å². The monoisotopic (exact) mass is 223 g/mol. The molecule has 2 aromatic rings. The zero-order chi connectivity index (χ0) is 10.8. The Labute approximate surface area is 91.9 Å². The van der Waals surface area contributed by atoms with Crippen molar-refractivity contribution in [1.82, 2.24) is 9.78 Å². The van der Waals surface area contributed by atoms with Gasteiger partial charge in [0.2, 0.25) is 0 Å². The number of nitrogens with zero attached hydrogens (tertiary/aromatic N) is 2. The number of aromatic nitrogens is 2. The number of aliphatic hydroxyl groups is 1. The smallest absolute Gasteiger partial charge is 0.132 e. The van der Waals surface area contributed by atoms with Crippen molar-refractivity contribution < 1.29 is 5.11 Å². The number of para-hydroxylation sites is 1.